The van der Waals surface area contributed by atoms with Crippen LogP contribution in [0.25, 0.3) is 0 Å². The van der Waals surface area contributed by atoms with Gasteiger partial charge in [-0.25, -0.2) is 4.57 Å². The fraction of sp³-hybridized carbons (Fsp3) is 0.500. The summed E-state index contributed by atoms with van der Waals surface area (Å²) in [5.74, 6) is 0. The van der Waals surface area contributed by atoms with Crippen LogP contribution in [-0.4, -0.2) is 56.6 Å². The van der Waals surface area contributed by atoms with Crippen molar-refractivity contribution in [3.05, 3.63) is 108 Å². The zero-order valence-electron chi connectivity index (χ0n) is 26.2. The molecular formula is C36H45O9P. The number of hydrogen-bond acceptors (Lipinski definition) is 9. The number of phosphoric ester groups is 1. The lowest BCUT2D eigenvalue weighted by molar-refractivity contribution is -0.326. The first-order valence-electron chi connectivity index (χ1n) is 16.5. The Kier molecular flexibility index (Phi) is 12.4. The molecule has 3 aromatic carbocycles. The summed E-state index contributed by atoms with van der Waals surface area (Å²) in [5.41, 5.74) is 3.03. The second kappa shape index (κ2) is 17.1. The van der Waals surface area contributed by atoms with Crippen molar-refractivity contribution in [2.24, 2.45) is 0 Å². The molecule has 5 atom stereocenters. The Morgan fingerprint density at radius 3 is 1.76 bits per heavy atom. The summed E-state index contributed by atoms with van der Waals surface area (Å²) in [6.07, 6.45) is 1.91. The predicted molar refractivity (Wildman–Crippen MR) is 172 cm³/mol. The lowest BCUT2D eigenvalue weighted by atomic mass is 9.96. The van der Waals surface area contributed by atoms with E-state index in [4.69, 9.17) is 37.3 Å². The van der Waals surface area contributed by atoms with Crippen molar-refractivity contribution in [2.75, 3.05) is 19.8 Å². The molecule has 10 heteroatoms. The molecule has 0 aromatic heterocycles. The van der Waals surface area contributed by atoms with Crippen molar-refractivity contribution in [3.8, 4) is 0 Å². The minimum absolute atomic E-state index is 0.0265. The first-order chi connectivity index (χ1) is 22.7. The molecule has 2 saturated heterocycles. The molecule has 6 rings (SSSR count). The minimum Gasteiger partial charge on any atom is -0.374 e. The van der Waals surface area contributed by atoms with E-state index in [1.54, 1.807) is 0 Å². The first kappa shape index (κ1) is 33.5. The maximum absolute atomic E-state index is 13.8. The molecule has 2 heterocycles. The highest BCUT2D eigenvalue weighted by molar-refractivity contribution is 7.48. The van der Waals surface area contributed by atoms with Crippen molar-refractivity contribution in [1.82, 2.24) is 0 Å². The molecule has 0 amide bonds. The van der Waals surface area contributed by atoms with E-state index < -0.39 is 38.5 Å². The van der Waals surface area contributed by atoms with Gasteiger partial charge in [-0.3, -0.25) is 13.6 Å². The zero-order chi connectivity index (χ0) is 31.4. The fourth-order valence-electron chi connectivity index (χ4n) is 6.08. The highest BCUT2D eigenvalue weighted by Gasteiger charge is 2.53. The van der Waals surface area contributed by atoms with E-state index in [9.17, 15) is 4.57 Å². The molecule has 0 N–H and O–H groups in total. The van der Waals surface area contributed by atoms with E-state index in [0.29, 0.717) is 19.6 Å². The van der Waals surface area contributed by atoms with Gasteiger partial charge in [0.2, 0.25) is 0 Å². The standard InChI is InChI=1S/C36H45O9P/c37-46(41-22-13-23-42-46)45-35-34(40-26-30-18-9-3-10-19-30)33(39-25-29-16-7-2-8-17-29)32(27-38-24-28-14-5-1-6-15-28)44-36(35)43-31-20-11-4-12-21-31/h1-3,5-10,14-19,31-36H,4,11-13,20-27H2. The molecule has 3 aliphatic rings. The van der Waals surface area contributed by atoms with Gasteiger partial charge in [0.15, 0.2) is 6.29 Å². The van der Waals surface area contributed by atoms with Gasteiger partial charge in [0.25, 0.3) is 0 Å². The first-order valence-corrected chi connectivity index (χ1v) is 17.9. The molecule has 46 heavy (non-hydrogen) atoms. The van der Waals surface area contributed by atoms with Crippen molar-refractivity contribution in [3.63, 3.8) is 0 Å². The van der Waals surface area contributed by atoms with Crippen molar-refractivity contribution in [2.45, 2.75) is 95.2 Å². The van der Waals surface area contributed by atoms with Crippen LogP contribution < -0.4 is 0 Å². The van der Waals surface area contributed by atoms with E-state index in [2.05, 4.69) is 0 Å². The molecule has 1 aliphatic carbocycles. The van der Waals surface area contributed by atoms with Crippen LogP contribution in [0.5, 0.6) is 0 Å². The Hall–Kier alpha value is -2.43. The summed E-state index contributed by atoms with van der Waals surface area (Å²) >= 11 is 0. The number of phosphoric acid groups is 1. The van der Waals surface area contributed by atoms with Crippen LogP contribution >= 0.6 is 7.82 Å². The third kappa shape index (κ3) is 9.57. The Morgan fingerprint density at radius 1 is 0.630 bits per heavy atom. The van der Waals surface area contributed by atoms with E-state index in [-0.39, 0.29) is 32.5 Å². The molecule has 0 spiro atoms. The third-order valence-corrected chi connectivity index (χ3v) is 9.97. The lowest BCUT2D eigenvalue weighted by Gasteiger charge is -2.47. The summed E-state index contributed by atoms with van der Waals surface area (Å²) in [6, 6.07) is 29.9. The summed E-state index contributed by atoms with van der Waals surface area (Å²) in [6.45, 7) is 1.77. The summed E-state index contributed by atoms with van der Waals surface area (Å²) in [5, 5.41) is 0. The summed E-state index contributed by atoms with van der Waals surface area (Å²) in [4.78, 5) is 0. The topological polar surface area (TPSA) is 90.9 Å². The largest absolute Gasteiger partial charge is 0.475 e. The molecule has 0 radical (unpaired) electrons. The van der Waals surface area contributed by atoms with Crippen molar-refractivity contribution >= 4 is 7.82 Å². The van der Waals surface area contributed by atoms with Gasteiger partial charge in [0, 0.05) is 0 Å². The lowest BCUT2D eigenvalue weighted by Crippen LogP contribution is -2.62. The monoisotopic (exact) mass is 652 g/mol. The van der Waals surface area contributed by atoms with Crippen LogP contribution in [0.4, 0.5) is 0 Å². The zero-order valence-corrected chi connectivity index (χ0v) is 27.1. The quantitative estimate of drug-likeness (QED) is 0.166. The maximum atomic E-state index is 13.8. The van der Waals surface area contributed by atoms with Gasteiger partial charge in [-0.1, -0.05) is 110 Å². The second-order valence-electron chi connectivity index (χ2n) is 12.0. The molecular weight excluding hydrogens is 607 g/mol. The second-order valence-corrected chi connectivity index (χ2v) is 13.6. The Bertz CT molecular complexity index is 1330. The van der Waals surface area contributed by atoms with Crippen LogP contribution in [0.2, 0.25) is 0 Å². The van der Waals surface area contributed by atoms with Crippen molar-refractivity contribution in [1.29, 1.82) is 0 Å². The average Bonchev–Trinajstić information content (AvgIpc) is 3.10. The molecule has 3 aromatic rings. The van der Waals surface area contributed by atoms with Crippen LogP contribution in [0.15, 0.2) is 91.0 Å². The van der Waals surface area contributed by atoms with E-state index in [1.165, 1.54) is 6.42 Å². The van der Waals surface area contributed by atoms with Gasteiger partial charge >= 0.3 is 7.82 Å². The average molecular weight is 653 g/mol. The predicted octanol–water partition coefficient (Wildman–Crippen LogP) is 7.38. The Labute approximate surface area is 272 Å². The van der Waals surface area contributed by atoms with Gasteiger partial charge in [-0.2, -0.15) is 0 Å². The SMILES string of the molecule is O=P1(OC2C(OC3CCCCC3)OC(COCc3ccccc3)C(OCc3ccccc3)C2OCc2ccccc2)OCCCO1. The van der Waals surface area contributed by atoms with Crippen molar-refractivity contribution < 1.29 is 41.8 Å². The molecule has 9 nitrogen and oxygen atoms in total. The maximum Gasteiger partial charge on any atom is 0.475 e. The van der Waals surface area contributed by atoms with Gasteiger partial charge in [-0.05, 0) is 36.0 Å². The number of ether oxygens (including phenoxy) is 5. The third-order valence-electron chi connectivity index (χ3n) is 8.47. The normalized spacial score (nSPS) is 26.9. The molecule has 3 fully saturated rings. The highest BCUT2D eigenvalue weighted by atomic mass is 31.2. The van der Waals surface area contributed by atoms with Crippen LogP contribution in [0.3, 0.4) is 0 Å². The van der Waals surface area contributed by atoms with Gasteiger partial charge < -0.3 is 23.7 Å². The minimum atomic E-state index is -3.92. The van der Waals surface area contributed by atoms with Crippen LogP contribution in [-0.2, 0) is 61.6 Å². The Morgan fingerprint density at radius 2 is 1.17 bits per heavy atom. The van der Waals surface area contributed by atoms with Crippen LogP contribution in [0.1, 0.15) is 55.2 Å². The molecule has 5 unspecified atom stereocenters. The number of benzene rings is 3. The number of hydrogen-bond donors (Lipinski definition) is 0. The Balaban J connectivity index is 1.31. The fourth-order valence-corrected chi connectivity index (χ4v) is 7.50. The smallest absolute Gasteiger partial charge is 0.374 e. The van der Waals surface area contributed by atoms with Gasteiger partial charge in [-0.15, -0.1) is 0 Å². The molecule has 2 aliphatic heterocycles. The van der Waals surface area contributed by atoms with E-state index in [0.717, 1.165) is 42.4 Å². The van der Waals surface area contributed by atoms with E-state index in [1.807, 2.05) is 91.0 Å². The van der Waals surface area contributed by atoms with Gasteiger partial charge in [0.1, 0.15) is 24.4 Å². The molecule has 0 bridgehead atoms. The van der Waals surface area contributed by atoms with Gasteiger partial charge in [0.05, 0.1) is 45.7 Å². The summed E-state index contributed by atoms with van der Waals surface area (Å²) < 4.78 is 64.2. The number of rotatable bonds is 14. The molecule has 1 saturated carbocycles. The highest BCUT2D eigenvalue weighted by Crippen LogP contribution is 2.54. The van der Waals surface area contributed by atoms with Crippen LogP contribution in [0, 0.1) is 0 Å². The van der Waals surface area contributed by atoms with E-state index >= 15 is 0 Å². The molecule has 248 valence electrons. The summed E-state index contributed by atoms with van der Waals surface area (Å²) in [7, 11) is -3.92.